The lowest BCUT2D eigenvalue weighted by Crippen LogP contribution is -1.94. The van der Waals surface area contributed by atoms with E-state index in [0.717, 1.165) is 23.1 Å². The van der Waals surface area contributed by atoms with Crippen LogP contribution in [0.15, 0.2) is 30.5 Å². The second kappa shape index (κ2) is 4.17. The Morgan fingerprint density at radius 3 is 3.00 bits per heavy atom. The smallest absolute Gasteiger partial charge is 0.134 e. The van der Waals surface area contributed by atoms with Gasteiger partial charge in [-0.15, -0.1) is 0 Å². The summed E-state index contributed by atoms with van der Waals surface area (Å²) in [5.74, 6) is 0.992. The van der Waals surface area contributed by atoms with Crippen molar-refractivity contribution in [1.82, 2.24) is 4.98 Å². The van der Waals surface area contributed by atoms with Crippen LogP contribution in [0.1, 0.15) is 13.3 Å². The van der Waals surface area contributed by atoms with Gasteiger partial charge < -0.3 is 9.84 Å². The molecule has 1 aromatic carbocycles. The van der Waals surface area contributed by atoms with Crippen LogP contribution >= 0.6 is 0 Å². The largest absolute Gasteiger partial charge is 0.506 e. The van der Waals surface area contributed by atoms with Crippen molar-refractivity contribution in [3.05, 3.63) is 30.5 Å². The van der Waals surface area contributed by atoms with E-state index in [1.807, 2.05) is 18.2 Å². The average molecular weight is 203 g/mol. The molecule has 3 nitrogen and oxygen atoms in total. The number of ether oxygens (including phenoxy) is 1. The fourth-order valence-electron chi connectivity index (χ4n) is 1.41. The summed E-state index contributed by atoms with van der Waals surface area (Å²) in [4.78, 5) is 4.10. The zero-order valence-electron chi connectivity index (χ0n) is 8.60. The van der Waals surface area contributed by atoms with Crippen LogP contribution < -0.4 is 4.74 Å². The molecule has 1 aromatic heterocycles. The Morgan fingerprint density at radius 1 is 1.33 bits per heavy atom. The fourth-order valence-corrected chi connectivity index (χ4v) is 1.41. The summed E-state index contributed by atoms with van der Waals surface area (Å²) in [6.45, 7) is 2.77. The van der Waals surface area contributed by atoms with E-state index < -0.39 is 0 Å². The summed E-state index contributed by atoms with van der Waals surface area (Å²) in [5.41, 5.74) is 0.858. The van der Waals surface area contributed by atoms with Crippen LogP contribution in [-0.4, -0.2) is 16.7 Å². The number of rotatable bonds is 3. The van der Waals surface area contributed by atoms with Gasteiger partial charge in [-0.1, -0.05) is 6.92 Å². The van der Waals surface area contributed by atoms with Gasteiger partial charge in [-0.3, -0.25) is 4.98 Å². The van der Waals surface area contributed by atoms with Gasteiger partial charge >= 0.3 is 0 Å². The van der Waals surface area contributed by atoms with Crippen LogP contribution in [-0.2, 0) is 0 Å². The van der Waals surface area contributed by atoms with Gasteiger partial charge in [-0.25, -0.2) is 0 Å². The molecule has 1 N–H and O–H groups in total. The summed E-state index contributed by atoms with van der Waals surface area (Å²) < 4.78 is 5.49. The highest BCUT2D eigenvalue weighted by molar-refractivity contribution is 5.81. The lowest BCUT2D eigenvalue weighted by atomic mass is 10.2. The quantitative estimate of drug-likeness (QED) is 0.834. The average Bonchev–Trinajstić information content (AvgIpc) is 2.25. The first-order chi connectivity index (χ1) is 7.29. The SMILES string of the molecule is CCCOc1ccc2ncc(O)cc2c1. The molecule has 0 amide bonds. The van der Waals surface area contributed by atoms with Gasteiger partial charge in [-0.05, 0) is 30.7 Å². The normalized spacial score (nSPS) is 10.5. The van der Waals surface area contributed by atoms with E-state index in [1.54, 1.807) is 6.07 Å². The van der Waals surface area contributed by atoms with Crippen LogP contribution in [0.2, 0.25) is 0 Å². The van der Waals surface area contributed by atoms with Crippen molar-refractivity contribution in [2.75, 3.05) is 6.61 Å². The molecular formula is C12H13NO2. The van der Waals surface area contributed by atoms with E-state index in [0.29, 0.717) is 6.61 Å². The second-order valence-corrected chi connectivity index (χ2v) is 3.40. The molecule has 2 aromatic rings. The first-order valence-electron chi connectivity index (χ1n) is 5.01. The van der Waals surface area contributed by atoms with Crippen LogP contribution in [0.5, 0.6) is 11.5 Å². The minimum atomic E-state index is 0.176. The number of fused-ring (bicyclic) bond motifs is 1. The van der Waals surface area contributed by atoms with Crippen molar-refractivity contribution in [2.45, 2.75) is 13.3 Å². The topological polar surface area (TPSA) is 42.4 Å². The molecule has 0 atom stereocenters. The van der Waals surface area contributed by atoms with E-state index in [9.17, 15) is 5.11 Å². The van der Waals surface area contributed by atoms with E-state index in [2.05, 4.69) is 11.9 Å². The highest BCUT2D eigenvalue weighted by Crippen LogP contribution is 2.22. The number of hydrogen-bond donors (Lipinski definition) is 1. The standard InChI is InChI=1S/C12H13NO2/c1-2-5-15-11-3-4-12-9(7-11)6-10(14)8-13-12/h3-4,6-8,14H,2,5H2,1H3. The molecule has 1 heterocycles. The molecule has 0 spiro atoms. The van der Waals surface area contributed by atoms with Crippen molar-refractivity contribution in [2.24, 2.45) is 0 Å². The van der Waals surface area contributed by atoms with Crippen LogP contribution in [0.3, 0.4) is 0 Å². The molecule has 2 rings (SSSR count). The molecule has 3 heteroatoms. The van der Waals surface area contributed by atoms with Crippen LogP contribution in [0, 0.1) is 0 Å². The molecule has 0 unspecified atom stereocenters. The predicted octanol–water partition coefficient (Wildman–Crippen LogP) is 2.73. The lowest BCUT2D eigenvalue weighted by Gasteiger charge is -2.05. The molecule has 0 aliphatic rings. The Bertz CT molecular complexity index is 468. The molecule has 0 saturated heterocycles. The first kappa shape index (κ1) is 9.77. The van der Waals surface area contributed by atoms with Gasteiger partial charge in [0, 0.05) is 5.39 Å². The van der Waals surface area contributed by atoms with Crippen molar-refractivity contribution >= 4 is 10.9 Å². The van der Waals surface area contributed by atoms with Gasteiger partial charge in [0.1, 0.15) is 11.5 Å². The molecule has 0 bridgehead atoms. The van der Waals surface area contributed by atoms with Gasteiger partial charge in [0.05, 0.1) is 18.3 Å². The molecule has 15 heavy (non-hydrogen) atoms. The molecule has 78 valence electrons. The Kier molecular flexibility index (Phi) is 2.72. The van der Waals surface area contributed by atoms with E-state index >= 15 is 0 Å². The summed E-state index contributed by atoms with van der Waals surface area (Å²) in [6, 6.07) is 7.35. The summed E-state index contributed by atoms with van der Waals surface area (Å²) in [7, 11) is 0. The summed E-state index contributed by atoms with van der Waals surface area (Å²) in [6.07, 6.45) is 2.42. The van der Waals surface area contributed by atoms with Gasteiger partial charge in [0.2, 0.25) is 0 Å². The number of benzene rings is 1. The molecule has 0 fully saturated rings. The third-order valence-electron chi connectivity index (χ3n) is 2.11. The van der Waals surface area contributed by atoms with Crippen molar-refractivity contribution in [3.8, 4) is 11.5 Å². The molecular weight excluding hydrogens is 190 g/mol. The minimum absolute atomic E-state index is 0.176. The monoisotopic (exact) mass is 203 g/mol. The Balaban J connectivity index is 2.36. The number of nitrogens with zero attached hydrogens (tertiary/aromatic N) is 1. The fraction of sp³-hybridized carbons (Fsp3) is 0.250. The van der Waals surface area contributed by atoms with E-state index in [1.165, 1.54) is 6.20 Å². The zero-order chi connectivity index (χ0) is 10.7. The Labute approximate surface area is 88.3 Å². The number of pyridine rings is 1. The maximum atomic E-state index is 9.29. The molecule has 0 aliphatic heterocycles. The van der Waals surface area contributed by atoms with E-state index in [-0.39, 0.29) is 5.75 Å². The van der Waals surface area contributed by atoms with Crippen molar-refractivity contribution in [1.29, 1.82) is 0 Å². The summed E-state index contributed by atoms with van der Waals surface area (Å²) in [5, 5.41) is 10.2. The summed E-state index contributed by atoms with van der Waals surface area (Å²) >= 11 is 0. The highest BCUT2D eigenvalue weighted by Gasteiger charge is 1.99. The maximum Gasteiger partial charge on any atom is 0.134 e. The van der Waals surface area contributed by atoms with Crippen LogP contribution in [0.25, 0.3) is 10.9 Å². The number of hydrogen-bond acceptors (Lipinski definition) is 3. The van der Waals surface area contributed by atoms with Crippen LogP contribution in [0.4, 0.5) is 0 Å². The number of aromatic hydroxyl groups is 1. The first-order valence-corrected chi connectivity index (χ1v) is 5.01. The van der Waals surface area contributed by atoms with Gasteiger partial charge in [0.15, 0.2) is 0 Å². The van der Waals surface area contributed by atoms with Gasteiger partial charge in [-0.2, -0.15) is 0 Å². The number of aromatic nitrogens is 1. The molecule has 0 saturated carbocycles. The Morgan fingerprint density at radius 2 is 2.20 bits per heavy atom. The third kappa shape index (κ3) is 2.18. The lowest BCUT2D eigenvalue weighted by molar-refractivity contribution is 0.318. The van der Waals surface area contributed by atoms with Gasteiger partial charge in [0.25, 0.3) is 0 Å². The second-order valence-electron chi connectivity index (χ2n) is 3.40. The molecule has 0 aliphatic carbocycles. The van der Waals surface area contributed by atoms with E-state index in [4.69, 9.17) is 4.74 Å². The maximum absolute atomic E-state index is 9.29. The van der Waals surface area contributed by atoms with Crippen molar-refractivity contribution < 1.29 is 9.84 Å². The predicted molar refractivity (Wildman–Crippen MR) is 59.2 cm³/mol. The zero-order valence-corrected chi connectivity index (χ0v) is 8.60. The highest BCUT2D eigenvalue weighted by atomic mass is 16.5. The van der Waals surface area contributed by atoms with Crippen molar-refractivity contribution in [3.63, 3.8) is 0 Å². The molecule has 0 radical (unpaired) electrons. The Hall–Kier alpha value is -1.77. The minimum Gasteiger partial charge on any atom is -0.506 e. The third-order valence-corrected chi connectivity index (χ3v) is 2.11.